The summed E-state index contributed by atoms with van der Waals surface area (Å²) in [6.07, 6.45) is 5.02. The molecule has 6 heteroatoms. The second-order valence-electron chi connectivity index (χ2n) is 8.54. The van der Waals surface area contributed by atoms with Gasteiger partial charge in [-0.3, -0.25) is 0 Å². The van der Waals surface area contributed by atoms with Crippen molar-refractivity contribution in [3.63, 3.8) is 0 Å². The van der Waals surface area contributed by atoms with Gasteiger partial charge in [-0.15, -0.1) is 0 Å². The van der Waals surface area contributed by atoms with Gasteiger partial charge in [-0.2, -0.15) is 0 Å². The van der Waals surface area contributed by atoms with Crippen molar-refractivity contribution < 1.29 is 14.3 Å². The average Bonchev–Trinajstić information content (AvgIpc) is 2.87. The Hall–Kier alpha value is -1.46. The lowest BCUT2D eigenvalue weighted by Crippen LogP contribution is -2.55. The van der Waals surface area contributed by atoms with Crippen molar-refractivity contribution in [2.45, 2.75) is 65.0 Å². The zero-order chi connectivity index (χ0) is 17.5. The first kappa shape index (κ1) is 17.4. The third kappa shape index (κ3) is 2.74. The lowest BCUT2D eigenvalue weighted by Gasteiger charge is -2.40. The highest BCUT2D eigenvalue weighted by atomic mass is 16.5. The van der Waals surface area contributed by atoms with Crippen LogP contribution in [0.4, 0.5) is 9.59 Å². The third-order valence-corrected chi connectivity index (χ3v) is 7.29. The second-order valence-corrected chi connectivity index (χ2v) is 8.54. The fourth-order valence-corrected chi connectivity index (χ4v) is 5.20. The summed E-state index contributed by atoms with van der Waals surface area (Å²) in [5, 5.41) is 6.29. The summed E-state index contributed by atoms with van der Waals surface area (Å²) in [5.41, 5.74) is 0.469. The topological polar surface area (TPSA) is 70.7 Å². The van der Waals surface area contributed by atoms with Crippen LogP contribution in [0.15, 0.2) is 0 Å². The predicted molar refractivity (Wildman–Crippen MR) is 91.7 cm³/mol. The first-order valence-corrected chi connectivity index (χ1v) is 9.18. The van der Waals surface area contributed by atoms with Crippen LogP contribution >= 0.6 is 0 Å². The minimum absolute atomic E-state index is 0.00254. The highest BCUT2D eigenvalue weighted by Gasteiger charge is 2.61. The van der Waals surface area contributed by atoms with Crippen LogP contribution in [0.2, 0.25) is 0 Å². The Bertz CT molecular complexity index is 522. The molecule has 3 aliphatic rings. The van der Waals surface area contributed by atoms with Gasteiger partial charge in [0.2, 0.25) is 0 Å². The van der Waals surface area contributed by atoms with Gasteiger partial charge in [0.1, 0.15) is 0 Å². The molecule has 0 aromatic carbocycles. The van der Waals surface area contributed by atoms with Crippen LogP contribution in [-0.2, 0) is 4.74 Å². The number of ether oxygens (including phenoxy) is 1. The predicted octanol–water partition coefficient (Wildman–Crippen LogP) is 2.73. The van der Waals surface area contributed by atoms with Crippen LogP contribution in [0.1, 0.15) is 52.9 Å². The largest absolute Gasteiger partial charge is 0.453 e. The molecular weight excluding hydrogens is 306 g/mol. The maximum atomic E-state index is 12.5. The Balaban J connectivity index is 1.54. The molecule has 3 fully saturated rings. The van der Waals surface area contributed by atoms with Crippen LogP contribution < -0.4 is 10.6 Å². The zero-order valence-corrected chi connectivity index (χ0v) is 15.4. The normalized spacial score (nSPS) is 37.2. The fraction of sp³-hybridized carbons (Fsp3) is 0.889. The lowest BCUT2D eigenvalue weighted by molar-refractivity contribution is 0.106. The Kier molecular flexibility index (Phi) is 4.43. The van der Waals surface area contributed by atoms with E-state index >= 15 is 0 Å². The van der Waals surface area contributed by atoms with E-state index in [-0.39, 0.29) is 35.0 Å². The number of piperidine rings is 1. The molecule has 0 spiro atoms. The van der Waals surface area contributed by atoms with Gasteiger partial charge in [-0.05, 0) is 48.9 Å². The molecule has 1 saturated heterocycles. The van der Waals surface area contributed by atoms with E-state index in [1.807, 2.05) is 0 Å². The van der Waals surface area contributed by atoms with Gasteiger partial charge in [0, 0.05) is 25.2 Å². The number of nitrogens with one attached hydrogen (secondary N) is 2. The summed E-state index contributed by atoms with van der Waals surface area (Å²) in [7, 11) is 1.39. The maximum Gasteiger partial charge on any atom is 0.409 e. The number of methoxy groups -OCH3 is 1. The summed E-state index contributed by atoms with van der Waals surface area (Å²) in [4.78, 5) is 25.8. The van der Waals surface area contributed by atoms with Crippen LogP contribution in [0.3, 0.4) is 0 Å². The molecule has 2 bridgehead atoms. The lowest BCUT2D eigenvalue weighted by atomic mass is 9.69. The number of nitrogens with zero attached hydrogens (tertiary/aromatic N) is 1. The molecule has 2 saturated carbocycles. The molecule has 4 atom stereocenters. The summed E-state index contributed by atoms with van der Waals surface area (Å²) < 4.78 is 4.78. The molecule has 1 heterocycles. The standard InChI is InChI=1S/C18H31N3O3/c1-17(2)12-7-8-18(17,3)14(10-12)20-15(22)19-13-6-5-9-21(11-13)16(23)24-4/h12-14H,5-11H2,1-4H3,(H2,19,20,22)/t12-,13-,14+,18+/m0/s1. The molecule has 6 nitrogen and oxygen atoms in total. The van der Waals surface area contributed by atoms with Crippen molar-refractivity contribution in [3.8, 4) is 0 Å². The van der Waals surface area contributed by atoms with Gasteiger partial charge in [-0.1, -0.05) is 20.8 Å². The minimum atomic E-state index is -0.315. The van der Waals surface area contributed by atoms with E-state index in [2.05, 4.69) is 31.4 Å². The molecule has 2 N–H and O–H groups in total. The third-order valence-electron chi connectivity index (χ3n) is 7.29. The van der Waals surface area contributed by atoms with Gasteiger partial charge < -0.3 is 20.3 Å². The first-order valence-electron chi connectivity index (χ1n) is 9.18. The van der Waals surface area contributed by atoms with E-state index in [1.165, 1.54) is 20.0 Å². The molecule has 24 heavy (non-hydrogen) atoms. The number of amides is 3. The van der Waals surface area contributed by atoms with Crippen LogP contribution in [0, 0.1) is 16.7 Å². The van der Waals surface area contributed by atoms with Crippen molar-refractivity contribution >= 4 is 12.1 Å². The van der Waals surface area contributed by atoms with Crippen molar-refractivity contribution in [3.05, 3.63) is 0 Å². The summed E-state index contributed by atoms with van der Waals surface area (Å²) in [6.45, 7) is 8.24. The van der Waals surface area contributed by atoms with Gasteiger partial charge in [-0.25, -0.2) is 9.59 Å². The molecule has 3 rings (SSSR count). The number of carbonyl (C=O) groups excluding carboxylic acids is 2. The van der Waals surface area contributed by atoms with E-state index in [9.17, 15) is 9.59 Å². The van der Waals surface area contributed by atoms with Crippen LogP contribution in [-0.4, -0.2) is 49.3 Å². The molecule has 0 radical (unpaired) electrons. The molecule has 0 unspecified atom stereocenters. The molecular formula is C18H31N3O3. The summed E-state index contributed by atoms with van der Waals surface area (Å²) in [6, 6.07) is 0.144. The highest BCUT2D eigenvalue weighted by Crippen LogP contribution is 2.65. The number of fused-ring (bicyclic) bond motifs is 2. The van der Waals surface area contributed by atoms with E-state index < -0.39 is 0 Å². The number of likely N-dealkylation sites (tertiary alicyclic amines) is 1. The number of hydrogen-bond acceptors (Lipinski definition) is 3. The molecule has 0 aromatic heterocycles. The molecule has 136 valence electrons. The quantitative estimate of drug-likeness (QED) is 0.814. The maximum absolute atomic E-state index is 12.5. The Morgan fingerprint density at radius 1 is 1.17 bits per heavy atom. The Labute approximate surface area is 144 Å². The number of carbonyl (C=O) groups is 2. The summed E-state index contributed by atoms with van der Waals surface area (Å²) >= 11 is 0. The smallest absolute Gasteiger partial charge is 0.409 e. The second kappa shape index (κ2) is 6.12. The molecule has 1 aliphatic heterocycles. The van der Waals surface area contributed by atoms with Crippen LogP contribution in [0.25, 0.3) is 0 Å². The first-order chi connectivity index (χ1) is 11.3. The monoisotopic (exact) mass is 337 g/mol. The van der Waals surface area contributed by atoms with Crippen molar-refractivity contribution in [2.24, 2.45) is 16.7 Å². The number of rotatable bonds is 2. The Morgan fingerprint density at radius 3 is 2.50 bits per heavy atom. The van der Waals surface area contributed by atoms with E-state index in [0.717, 1.165) is 19.3 Å². The summed E-state index contributed by atoms with van der Waals surface area (Å²) in [5.74, 6) is 0.706. The SMILES string of the molecule is COC(=O)N1CCC[C@H](NC(=O)N[C@@H]2C[C@@H]3CC[C@@]2(C)C3(C)C)C1. The van der Waals surface area contributed by atoms with Gasteiger partial charge in [0.05, 0.1) is 7.11 Å². The van der Waals surface area contributed by atoms with Gasteiger partial charge in [0.15, 0.2) is 0 Å². The van der Waals surface area contributed by atoms with Crippen molar-refractivity contribution in [2.75, 3.05) is 20.2 Å². The molecule has 3 amide bonds. The number of urea groups is 1. The van der Waals surface area contributed by atoms with E-state index in [1.54, 1.807) is 4.90 Å². The van der Waals surface area contributed by atoms with Crippen molar-refractivity contribution in [1.82, 2.24) is 15.5 Å². The van der Waals surface area contributed by atoms with E-state index in [4.69, 9.17) is 4.74 Å². The van der Waals surface area contributed by atoms with Crippen molar-refractivity contribution in [1.29, 1.82) is 0 Å². The Morgan fingerprint density at radius 2 is 1.92 bits per heavy atom. The van der Waals surface area contributed by atoms with Gasteiger partial charge in [0.25, 0.3) is 0 Å². The minimum Gasteiger partial charge on any atom is -0.453 e. The fourth-order valence-electron chi connectivity index (χ4n) is 5.20. The molecule has 2 aliphatic carbocycles. The zero-order valence-electron chi connectivity index (χ0n) is 15.4. The van der Waals surface area contributed by atoms with Crippen LogP contribution in [0.5, 0.6) is 0 Å². The molecule has 0 aromatic rings. The number of hydrogen-bond donors (Lipinski definition) is 2. The van der Waals surface area contributed by atoms with Gasteiger partial charge >= 0.3 is 12.1 Å². The van der Waals surface area contributed by atoms with E-state index in [0.29, 0.717) is 19.0 Å². The average molecular weight is 337 g/mol. The highest BCUT2D eigenvalue weighted by molar-refractivity contribution is 5.75.